The molecule has 1 N–H and O–H groups in total. The van der Waals surface area contributed by atoms with Crippen LogP contribution in [0, 0.1) is 7.43 Å². The van der Waals surface area contributed by atoms with Gasteiger partial charge in [0.05, 0.1) is 7.05 Å². The molecular formula is C6H10N2O2W. The monoisotopic (exact) mass is 326 g/mol. The van der Waals surface area contributed by atoms with E-state index in [1.54, 1.807) is 17.8 Å². The molecule has 0 fully saturated rings. The van der Waals surface area contributed by atoms with Crippen LogP contribution in [0.15, 0.2) is 18.7 Å². The Hall–Kier alpha value is -0.632. The van der Waals surface area contributed by atoms with E-state index < -0.39 is 6.09 Å². The van der Waals surface area contributed by atoms with Crippen LogP contribution in [-0.4, -0.2) is 15.8 Å². The van der Waals surface area contributed by atoms with Gasteiger partial charge in [-0.2, -0.15) is 4.79 Å². The van der Waals surface area contributed by atoms with Crippen molar-refractivity contribution in [2.75, 3.05) is 0 Å². The van der Waals surface area contributed by atoms with Crippen LogP contribution in [0.5, 0.6) is 0 Å². The topological polar surface area (TPSA) is 46.1 Å². The van der Waals surface area contributed by atoms with Gasteiger partial charge in [0.25, 0.3) is 6.33 Å². The molecule has 4 nitrogen and oxygen atoms in total. The molecule has 0 saturated heterocycles. The molecule has 0 aliphatic carbocycles. The van der Waals surface area contributed by atoms with E-state index in [1.165, 1.54) is 12.5 Å². The summed E-state index contributed by atoms with van der Waals surface area (Å²) < 4.78 is 2.74. The first kappa shape index (κ1) is 13.0. The summed E-state index contributed by atoms with van der Waals surface area (Å²) in [7, 11) is 1.76. The van der Waals surface area contributed by atoms with Gasteiger partial charge in [-0.15, -0.1) is 4.57 Å². The van der Waals surface area contributed by atoms with Crippen molar-refractivity contribution in [3.05, 3.63) is 26.1 Å². The third-order valence-electron chi connectivity index (χ3n) is 0.990. The predicted molar refractivity (Wildman–Crippen MR) is 35.4 cm³/mol. The third-order valence-corrected chi connectivity index (χ3v) is 0.990. The molecule has 0 spiro atoms. The van der Waals surface area contributed by atoms with Gasteiger partial charge in [-0.25, -0.2) is 4.57 Å². The molecular weight excluding hydrogens is 316 g/mol. The second-order valence-electron chi connectivity index (χ2n) is 1.77. The minimum atomic E-state index is -0.962. The number of hydrogen-bond acceptors (Lipinski definition) is 1. The summed E-state index contributed by atoms with van der Waals surface area (Å²) in [5, 5.41) is 8.35. The van der Waals surface area contributed by atoms with E-state index >= 15 is 0 Å². The number of hydrogen-bond donors (Lipinski definition) is 1. The molecule has 0 unspecified atom stereocenters. The van der Waals surface area contributed by atoms with E-state index in [-0.39, 0.29) is 28.5 Å². The van der Waals surface area contributed by atoms with Gasteiger partial charge in [-0.05, 0) is 0 Å². The zero-order chi connectivity index (χ0) is 6.85. The van der Waals surface area contributed by atoms with Crippen LogP contribution in [-0.2, 0) is 28.1 Å². The summed E-state index contributed by atoms with van der Waals surface area (Å²) in [6, 6.07) is 0. The molecule has 0 aliphatic heterocycles. The average molecular weight is 326 g/mol. The van der Waals surface area contributed by atoms with Crippen molar-refractivity contribution in [1.29, 1.82) is 0 Å². The van der Waals surface area contributed by atoms with Crippen molar-refractivity contribution in [3.63, 3.8) is 0 Å². The maximum absolute atomic E-state index is 10.2. The first-order valence-electron chi connectivity index (χ1n) is 2.46. The van der Waals surface area contributed by atoms with Crippen LogP contribution in [0.1, 0.15) is 0 Å². The zero-order valence-electron chi connectivity index (χ0n) is 6.39. The molecule has 1 heterocycles. The van der Waals surface area contributed by atoms with Crippen LogP contribution < -0.4 is 4.57 Å². The van der Waals surface area contributed by atoms with E-state index in [0.717, 1.165) is 4.57 Å². The van der Waals surface area contributed by atoms with Gasteiger partial charge in [0.15, 0.2) is 0 Å². The largest absolute Gasteiger partial charge is 0.509 e. The molecule has 0 aliphatic rings. The zero-order valence-corrected chi connectivity index (χ0v) is 9.32. The van der Waals surface area contributed by atoms with Crippen molar-refractivity contribution >= 4 is 6.09 Å². The summed E-state index contributed by atoms with van der Waals surface area (Å²) in [5.74, 6) is 0. The minimum Gasteiger partial charge on any atom is -0.446 e. The molecule has 62 valence electrons. The van der Waals surface area contributed by atoms with Crippen molar-refractivity contribution in [2.45, 2.75) is 0 Å². The van der Waals surface area contributed by atoms with Crippen LogP contribution in [0.25, 0.3) is 0 Å². The van der Waals surface area contributed by atoms with Crippen LogP contribution in [0.3, 0.4) is 0 Å². The Morgan fingerprint density at radius 3 is 2.36 bits per heavy atom. The maximum atomic E-state index is 10.2. The predicted octanol–water partition coefficient (Wildman–Crippen LogP) is 0.286. The Labute approximate surface area is 79.7 Å². The smallest absolute Gasteiger partial charge is 0.446 e. The van der Waals surface area contributed by atoms with Gasteiger partial charge in [-0.3, -0.25) is 0 Å². The van der Waals surface area contributed by atoms with Gasteiger partial charge in [0.1, 0.15) is 12.4 Å². The summed E-state index contributed by atoms with van der Waals surface area (Å²) in [6.07, 6.45) is 3.65. The van der Waals surface area contributed by atoms with Gasteiger partial charge in [0, 0.05) is 21.1 Å². The number of aryl methyl sites for hydroxylation is 1. The third kappa shape index (κ3) is 3.32. The molecule has 0 aromatic carbocycles. The van der Waals surface area contributed by atoms with E-state index in [0.29, 0.717) is 0 Å². The minimum absolute atomic E-state index is 0. The Balaban J connectivity index is 0. The van der Waals surface area contributed by atoms with E-state index in [2.05, 4.69) is 0 Å². The molecule has 0 radical (unpaired) electrons. The van der Waals surface area contributed by atoms with Gasteiger partial charge in [0.2, 0.25) is 0 Å². The molecule has 0 atom stereocenters. The first-order valence-corrected chi connectivity index (χ1v) is 2.46. The fraction of sp³-hybridized carbons (Fsp3) is 0.167. The molecule has 0 saturated carbocycles. The number of rotatable bonds is 0. The van der Waals surface area contributed by atoms with Crippen LogP contribution in [0.2, 0.25) is 0 Å². The first-order chi connectivity index (χ1) is 4.20. The molecule has 0 bridgehead atoms. The Morgan fingerprint density at radius 1 is 1.64 bits per heavy atom. The number of nitrogens with zero attached hydrogens (tertiary/aromatic N) is 2. The average Bonchev–Trinajstić information content (AvgIpc) is 2.14. The fourth-order valence-corrected chi connectivity index (χ4v) is 0.563. The van der Waals surface area contributed by atoms with Crippen molar-refractivity contribution in [1.82, 2.24) is 4.57 Å². The van der Waals surface area contributed by atoms with E-state index in [4.69, 9.17) is 5.11 Å². The van der Waals surface area contributed by atoms with Crippen LogP contribution in [0.4, 0.5) is 4.79 Å². The summed E-state index contributed by atoms with van der Waals surface area (Å²) in [4.78, 5) is 10.2. The number of aromatic nitrogens is 2. The van der Waals surface area contributed by atoms with E-state index in [1.807, 2.05) is 0 Å². The SMILES string of the molecule is C[n+]1ccn(C(=O)O)c1.[CH3-].[W]. The summed E-state index contributed by atoms with van der Waals surface area (Å²) in [5.41, 5.74) is 0. The summed E-state index contributed by atoms with van der Waals surface area (Å²) in [6.45, 7) is 0. The number of imidazole rings is 1. The Kier molecular flexibility index (Phi) is 6.00. The Bertz CT molecular complexity index is 234. The Morgan fingerprint density at radius 2 is 2.18 bits per heavy atom. The summed E-state index contributed by atoms with van der Waals surface area (Å²) >= 11 is 0. The molecule has 5 heteroatoms. The molecule has 1 aromatic heterocycles. The quantitative estimate of drug-likeness (QED) is 0.550. The molecule has 11 heavy (non-hydrogen) atoms. The fourth-order valence-electron chi connectivity index (χ4n) is 0.563. The molecule has 1 rings (SSSR count). The second kappa shape index (κ2) is 5.08. The molecule has 0 amide bonds. The molecule has 1 aromatic rings. The standard InChI is InChI=1S/C5H6N2O2.CH3.W/c1-6-2-3-7(4-6)5(8)9;;/h2-4H,1H3;1H3;/q;-1;/p+1. The van der Waals surface area contributed by atoms with E-state index in [9.17, 15) is 4.79 Å². The van der Waals surface area contributed by atoms with Crippen molar-refractivity contribution < 1.29 is 35.5 Å². The van der Waals surface area contributed by atoms with Crippen molar-refractivity contribution in [3.8, 4) is 0 Å². The van der Waals surface area contributed by atoms with Gasteiger partial charge < -0.3 is 12.5 Å². The van der Waals surface area contributed by atoms with Crippen molar-refractivity contribution in [2.24, 2.45) is 7.05 Å². The van der Waals surface area contributed by atoms with Crippen LogP contribution >= 0.6 is 0 Å². The second-order valence-corrected chi connectivity index (χ2v) is 1.77. The normalized spacial score (nSPS) is 7.73. The number of carboxylic acid groups (broad SMARTS) is 1. The maximum Gasteiger partial charge on any atom is 0.509 e. The van der Waals surface area contributed by atoms with Gasteiger partial charge >= 0.3 is 6.09 Å². The number of carbonyl (C=O) groups is 1. The van der Waals surface area contributed by atoms with Gasteiger partial charge in [-0.1, -0.05) is 0 Å².